The Morgan fingerprint density at radius 3 is 3.00 bits per heavy atom. The van der Waals surface area contributed by atoms with E-state index in [0.29, 0.717) is 22.6 Å². The number of benzene rings is 1. The number of para-hydroxylation sites is 1. The molecule has 0 aliphatic carbocycles. The van der Waals surface area contributed by atoms with Crippen LogP contribution >= 0.6 is 11.8 Å². The Hall–Kier alpha value is -2.06. The predicted octanol–water partition coefficient (Wildman–Crippen LogP) is 2.59. The third-order valence-corrected chi connectivity index (χ3v) is 3.58. The van der Waals surface area contributed by atoms with Gasteiger partial charge < -0.3 is 0 Å². The van der Waals surface area contributed by atoms with Crippen LogP contribution in [0.5, 0.6) is 0 Å². The van der Waals surface area contributed by atoms with Crippen molar-refractivity contribution < 1.29 is 0 Å². The van der Waals surface area contributed by atoms with Crippen molar-refractivity contribution >= 4 is 22.7 Å². The molecule has 96 valence electrons. The summed E-state index contributed by atoms with van der Waals surface area (Å²) < 4.78 is 1.55. The van der Waals surface area contributed by atoms with E-state index in [9.17, 15) is 4.79 Å². The summed E-state index contributed by atoms with van der Waals surface area (Å²) in [5.74, 6) is 0. The molecule has 0 aliphatic heterocycles. The zero-order valence-corrected chi connectivity index (χ0v) is 11.4. The Labute approximate surface area is 115 Å². The number of hydrogen-bond donors (Lipinski definition) is 0. The maximum atomic E-state index is 12.4. The molecule has 0 saturated heterocycles. The predicted molar refractivity (Wildman–Crippen MR) is 77.1 cm³/mol. The number of hydrogen-bond acceptors (Lipinski definition) is 4. The van der Waals surface area contributed by atoms with E-state index < -0.39 is 0 Å². The molecule has 0 unspecified atom stereocenters. The maximum absolute atomic E-state index is 12.4. The summed E-state index contributed by atoms with van der Waals surface area (Å²) in [6.45, 7) is 5.82. The van der Waals surface area contributed by atoms with Crippen LogP contribution < -0.4 is 5.56 Å². The summed E-state index contributed by atoms with van der Waals surface area (Å²) in [6.07, 6.45) is 1.65. The molecule has 0 aliphatic rings. The molecule has 1 aromatic carbocycles. The smallest absolute Gasteiger partial charge is 0.262 e. The van der Waals surface area contributed by atoms with E-state index in [4.69, 9.17) is 5.26 Å². The van der Waals surface area contributed by atoms with Crippen molar-refractivity contribution in [3.8, 4) is 6.07 Å². The third-order valence-electron chi connectivity index (χ3n) is 2.60. The first kappa shape index (κ1) is 13.4. The molecular formula is C14H13N3OS. The lowest BCUT2D eigenvalue weighted by atomic mass is 10.2. The van der Waals surface area contributed by atoms with Gasteiger partial charge in [0.2, 0.25) is 0 Å². The third kappa shape index (κ3) is 2.69. The number of nitrogens with zero attached hydrogens (tertiary/aromatic N) is 3. The first-order valence-corrected chi connectivity index (χ1v) is 6.72. The summed E-state index contributed by atoms with van der Waals surface area (Å²) in [7, 11) is 0. The minimum Gasteiger partial charge on any atom is -0.283 e. The van der Waals surface area contributed by atoms with Gasteiger partial charge in [0.05, 0.1) is 22.2 Å². The highest BCUT2D eigenvalue weighted by molar-refractivity contribution is 8.00. The minimum absolute atomic E-state index is 0.0989. The first-order chi connectivity index (χ1) is 9.17. The Kier molecular flexibility index (Phi) is 4.03. The average Bonchev–Trinajstić information content (AvgIpc) is 2.43. The Balaban J connectivity index is 2.67. The van der Waals surface area contributed by atoms with Crippen molar-refractivity contribution in [1.29, 1.82) is 5.26 Å². The number of thioether (sulfide) groups is 1. The number of fused-ring (bicyclic) bond motifs is 1. The van der Waals surface area contributed by atoms with Gasteiger partial charge in [-0.1, -0.05) is 30.0 Å². The van der Waals surface area contributed by atoms with Gasteiger partial charge in [-0.3, -0.25) is 9.36 Å². The standard InChI is InChI=1S/C14H13N3OS/c1-3-8-17-13(18)11-6-4-5-7-12(11)16-14(17)19-10(2)9-15/h3-7,10H,1,8H2,2H3/t10-/m1/s1. The van der Waals surface area contributed by atoms with Crippen molar-refractivity contribution in [3.05, 3.63) is 47.3 Å². The van der Waals surface area contributed by atoms with E-state index in [1.807, 2.05) is 12.1 Å². The fourth-order valence-corrected chi connectivity index (χ4v) is 2.52. The van der Waals surface area contributed by atoms with Gasteiger partial charge in [-0.05, 0) is 19.1 Å². The van der Waals surface area contributed by atoms with Gasteiger partial charge in [-0.2, -0.15) is 5.26 Å². The molecular weight excluding hydrogens is 258 g/mol. The van der Waals surface area contributed by atoms with Gasteiger partial charge in [0.1, 0.15) is 0 Å². The van der Waals surface area contributed by atoms with Crippen molar-refractivity contribution in [2.24, 2.45) is 0 Å². The van der Waals surface area contributed by atoms with Gasteiger partial charge >= 0.3 is 0 Å². The van der Waals surface area contributed by atoms with Crippen molar-refractivity contribution in [2.45, 2.75) is 23.9 Å². The molecule has 19 heavy (non-hydrogen) atoms. The van der Waals surface area contributed by atoms with Crippen LogP contribution in [0.2, 0.25) is 0 Å². The van der Waals surface area contributed by atoms with Gasteiger partial charge in [0.15, 0.2) is 5.16 Å². The van der Waals surface area contributed by atoms with Gasteiger partial charge in [0.25, 0.3) is 5.56 Å². The molecule has 2 aromatic rings. The monoisotopic (exact) mass is 271 g/mol. The molecule has 1 aromatic heterocycles. The summed E-state index contributed by atoms with van der Waals surface area (Å²) in [5.41, 5.74) is 0.554. The van der Waals surface area contributed by atoms with Crippen molar-refractivity contribution in [1.82, 2.24) is 9.55 Å². The molecule has 0 fully saturated rings. The lowest BCUT2D eigenvalue weighted by Crippen LogP contribution is -2.23. The number of aromatic nitrogens is 2. The normalized spacial score (nSPS) is 12.0. The quantitative estimate of drug-likeness (QED) is 0.487. The van der Waals surface area contributed by atoms with Gasteiger partial charge in [-0.15, -0.1) is 6.58 Å². The molecule has 0 spiro atoms. The van der Waals surface area contributed by atoms with E-state index in [0.717, 1.165) is 0 Å². The van der Waals surface area contributed by atoms with E-state index >= 15 is 0 Å². The topological polar surface area (TPSA) is 58.7 Å². The zero-order valence-electron chi connectivity index (χ0n) is 10.5. The Morgan fingerprint density at radius 2 is 2.32 bits per heavy atom. The highest BCUT2D eigenvalue weighted by atomic mass is 32.2. The SMILES string of the molecule is C=CCn1c(S[C@H](C)C#N)nc2ccccc2c1=O. The number of rotatable bonds is 4. The van der Waals surface area contributed by atoms with Crippen LogP contribution in [0.1, 0.15) is 6.92 Å². The zero-order chi connectivity index (χ0) is 13.8. The van der Waals surface area contributed by atoms with Crippen LogP contribution in [0.15, 0.2) is 46.9 Å². The lowest BCUT2D eigenvalue weighted by Gasteiger charge is -2.11. The van der Waals surface area contributed by atoms with Crippen LogP contribution in [-0.2, 0) is 6.54 Å². The molecule has 1 atom stereocenters. The first-order valence-electron chi connectivity index (χ1n) is 5.84. The molecule has 4 nitrogen and oxygen atoms in total. The summed E-state index contributed by atoms with van der Waals surface area (Å²) in [6, 6.07) is 9.35. The van der Waals surface area contributed by atoms with Gasteiger partial charge in [0, 0.05) is 6.54 Å². The molecule has 5 heteroatoms. The second kappa shape index (κ2) is 5.72. The van der Waals surface area contributed by atoms with Crippen LogP contribution in [0, 0.1) is 11.3 Å². The van der Waals surface area contributed by atoms with Crippen LogP contribution in [0.25, 0.3) is 10.9 Å². The molecule has 2 rings (SSSR count). The number of allylic oxidation sites excluding steroid dienone is 1. The molecule has 0 saturated carbocycles. The molecule has 1 heterocycles. The summed E-state index contributed by atoms with van der Waals surface area (Å²) in [4.78, 5) is 16.9. The molecule has 0 amide bonds. The maximum Gasteiger partial charge on any atom is 0.262 e. The number of nitriles is 1. The largest absolute Gasteiger partial charge is 0.283 e. The lowest BCUT2D eigenvalue weighted by molar-refractivity contribution is 0.671. The van der Waals surface area contributed by atoms with E-state index in [2.05, 4.69) is 17.6 Å². The van der Waals surface area contributed by atoms with Gasteiger partial charge in [-0.25, -0.2) is 4.98 Å². The minimum atomic E-state index is -0.260. The van der Waals surface area contributed by atoms with Crippen molar-refractivity contribution in [2.75, 3.05) is 0 Å². The van der Waals surface area contributed by atoms with Crippen LogP contribution in [0.4, 0.5) is 0 Å². The highest BCUT2D eigenvalue weighted by Gasteiger charge is 2.13. The van der Waals surface area contributed by atoms with Crippen LogP contribution in [0.3, 0.4) is 0 Å². The van der Waals surface area contributed by atoms with Crippen LogP contribution in [-0.4, -0.2) is 14.8 Å². The van der Waals surface area contributed by atoms with E-state index in [-0.39, 0.29) is 10.8 Å². The second-order valence-corrected chi connectivity index (χ2v) is 5.31. The fraction of sp³-hybridized carbons (Fsp3) is 0.214. The van der Waals surface area contributed by atoms with Crippen molar-refractivity contribution in [3.63, 3.8) is 0 Å². The second-order valence-electron chi connectivity index (χ2n) is 4.01. The highest BCUT2D eigenvalue weighted by Crippen LogP contribution is 2.21. The summed E-state index contributed by atoms with van der Waals surface area (Å²) in [5, 5.41) is 9.77. The van der Waals surface area contributed by atoms with E-state index in [1.165, 1.54) is 11.8 Å². The Bertz CT molecular complexity index is 715. The summed E-state index contributed by atoms with van der Waals surface area (Å²) >= 11 is 1.28. The molecule has 0 bridgehead atoms. The Morgan fingerprint density at radius 1 is 1.58 bits per heavy atom. The molecule has 0 radical (unpaired) electrons. The average molecular weight is 271 g/mol. The van der Waals surface area contributed by atoms with E-state index in [1.54, 1.807) is 29.7 Å². The fourth-order valence-electron chi connectivity index (χ4n) is 1.71. The molecule has 0 N–H and O–H groups in total.